The first kappa shape index (κ1) is 60.9. The number of hydrogen-bond donors (Lipinski definition) is 0. The van der Waals surface area contributed by atoms with Crippen LogP contribution in [0.2, 0.25) is 0 Å². The van der Waals surface area contributed by atoms with Crippen LogP contribution in [-0.4, -0.2) is 37.2 Å². The van der Waals surface area contributed by atoms with Gasteiger partial charge in [-0.05, 0) is 70.6 Å². The Morgan fingerprint density at radius 1 is 0.302 bits per heavy atom. The first-order chi connectivity index (χ1) is 31.0. The molecule has 1 atom stereocenters. The number of esters is 3. The molecule has 1 unspecified atom stereocenters. The van der Waals surface area contributed by atoms with Crippen molar-refractivity contribution in [1.29, 1.82) is 0 Å². The molecule has 0 heterocycles. The second kappa shape index (κ2) is 52.5. The van der Waals surface area contributed by atoms with Crippen LogP contribution in [0.4, 0.5) is 0 Å². The van der Waals surface area contributed by atoms with Gasteiger partial charge in [0.25, 0.3) is 0 Å². The summed E-state index contributed by atoms with van der Waals surface area (Å²) >= 11 is 0. The standard InChI is InChI=1S/C57H106O6/c1-4-7-10-13-16-19-22-25-27-28-30-32-35-38-41-44-47-50-56(59)62-53-54(52-61-55(58)49-46-43-40-37-34-31-24-21-18-15-12-9-6-3)63-57(60)51-48-45-42-39-36-33-29-26-23-20-17-14-11-8-5-2/h25-27,29,54H,4-24,28,30-53H2,1-3H3/b27-25-,29-26-. The molecule has 0 fully saturated rings. The lowest BCUT2D eigenvalue weighted by molar-refractivity contribution is -0.167. The van der Waals surface area contributed by atoms with E-state index in [9.17, 15) is 14.4 Å². The number of unbranched alkanes of at least 4 members (excludes halogenated alkanes) is 36. The predicted molar refractivity (Wildman–Crippen MR) is 270 cm³/mol. The van der Waals surface area contributed by atoms with E-state index < -0.39 is 6.10 Å². The van der Waals surface area contributed by atoms with E-state index in [1.165, 1.54) is 199 Å². The van der Waals surface area contributed by atoms with Crippen molar-refractivity contribution in [2.24, 2.45) is 0 Å². The van der Waals surface area contributed by atoms with E-state index in [2.05, 4.69) is 45.1 Å². The molecule has 0 saturated heterocycles. The Kier molecular flexibility index (Phi) is 50.8. The van der Waals surface area contributed by atoms with E-state index in [1.54, 1.807) is 0 Å². The summed E-state index contributed by atoms with van der Waals surface area (Å²) in [5.41, 5.74) is 0. The summed E-state index contributed by atoms with van der Waals surface area (Å²) in [4.78, 5) is 38.1. The first-order valence-corrected chi connectivity index (χ1v) is 27.8. The van der Waals surface area contributed by atoms with Crippen LogP contribution in [0.15, 0.2) is 24.3 Å². The normalized spacial score (nSPS) is 12.1. The topological polar surface area (TPSA) is 78.9 Å². The second-order valence-corrected chi connectivity index (χ2v) is 18.8. The van der Waals surface area contributed by atoms with Gasteiger partial charge in [0.05, 0.1) is 0 Å². The minimum absolute atomic E-state index is 0.0718. The summed E-state index contributed by atoms with van der Waals surface area (Å²) in [6, 6.07) is 0. The quantitative estimate of drug-likeness (QED) is 0.0262. The van der Waals surface area contributed by atoms with Crippen LogP contribution in [0, 0.1) is 0 Å². The highest BCUT2D eigenvalue weighted by atomic mass is 16.6. The molecule has 0 aliphatic heterocycles. The van der Waals surface area contributed by atoms with Crippen molar-refractivity contribution in [2.75, 3.05) is 13.2 Å². The maximum atomic E-state index is 12.8. The highest BCUT2D eigenvalue weighted by Gasteiger charge is 2.19. The summed E-state index contributed by atoms with van der Waals surface area (Å²) in [6.07, 6.45) is 60.2. The fourth-order valence-corrected chi connectivity index (χ4v) is 8.20. The molecule has 0 bridgehead atoms. The molecule has 0 radical (unpaired) electrons. The van der Waals surface area contributed by atoms with E-state index in [-0.39, 0.29) is 31.1 Å². The minimum Gasteiger partial charge on any atom is -0.462 e. The van der Waals surface area contributed by atoms with Gasteiger partial charge in [0.15, 0.2) is 6.10 Å². The smallest absolute Gasteiger partial charge is 0.306 e. The second-order valence-electron chi connectivity index (χ2n) is 18.8. The van der Waals surface area contributed by atoms with Crippen molar-refractivity contribution in [3.63, 3.8) is 0 Å². The zero-order chi connectivity index (χ0) is 45.8. The van der Waals surface area contributed by atoms with Crippen molar-refractivity contribution >= 4 is 17.9 Å². The predicted octanol–water partition coefficient (Wildman–Crippen LogP) is 18.3. The molecule has 0 rings (SSSR count). The molecule has 0 saturated carbocycles. The van der Waals surface area contributed by atoms with Crippen molar-refractivity contribution in [3.05, 3.63) is 24.3 Å². The Morgan fingerprint density at radius 2 is 0.524 bits per heavy atom. The minimum atomic E-state index is -0.773. The third-order valence-electron chi connectivity index (χ3n) is 12.4. The third-order valence-corrected chi connectivity index (χ3v) is 12.4. The lowest BCUT2D eigenvalue weighted by Crippen LogP contribution is -2.30. The molecule has 0 amide bonds. The van der Waals surface area contributed by atoms with Crippen molar-refractivity contribution in [1.82, 2.24) is 0 Å². The monoisotopic (exact) mass is 887 g/mol. The highest BCUT2D eigenvalue weighted by Crippen LogP contribution is 2.16. The van der Waals surface area contributed by atoms with Crippen molar-refractivity contribution in [2.45, 2.75) is 309 Å². The van der Waals surface area contributed by atoms with Gasteiger partial charge >= 0.3 is 17.9 Å². The van der Waals surface area contributed by atoms with E-state index in [0.717, 1.165) is 64.2 Å². The van der Waals surface area contributed by atoms with Gasteiger partial charge in [0, 0.05) is 19.3 Å². The third kappa shape index (κ3) is 50.7. The molecule has 370 valence electrons. The SMILES string of the molecule is CCCCCCCC/C=C\CCCCCCCCCC(=O)OCC(COC(=O)CCCCCCCCCCCCCCC)OC(=O)CCCCCCC/C=C\CCCCCCCC. The van der Waals surface area contributed by atoms with E-state index >= 15 is 0 Å². The van der Waals surface area contributed by atoms with Gasteiger partial charge in [-0.25, -0.2) is 0 Å². The summed E-state index contributed by atoms with van der Waals surface area (Å²) in [7, 11) is 0. The van der Waals surface area contributed by atoms with Gasteiger partial charge in [-0.3, -0.25) is 14.4 Å². The van der Waals surface area contributed by atoms with Crippen molar-refractivity contribution < 1.29 is 28.6 Å². The van der Waals surface area contributed by atoms with Gasteiger partial charge in [-0.2, -0.15) is 0 Å². The Labute approximate surface area is 392 Å². The van der Waals surface area contributed by atoms with Crippen molar-refractivity contribution in [3.8, 4) is 0 Å². The van der Waals surface area contributed by atoms with Gasteiger partial charge in [-0.15, -0.1) is 0 Å². The molecule has 63 heavy (non-hydrogen) atoms. The average Bonchev–Trinajstić information content (AvgIpc) is 3.28. The molecule has 6 heteroatoms. The molecular weight excluding hydrogens is 781 g/mol. The van der Waals surface area contributed by atoms with Gasteiger partial charge in [0.1, 0.15) is 13.2 Å². The van der Waals surface area contributed by atoms with Gasteiger partial charge in [0.2, 0.25) is 0 Å². The number of allylic oxidation sites excluding steroid dienone is 4. The summed E-state index contributed by atoms with van der Waals surface area (Å²) in [5, 5.41) is 0. The Hall–Kier alpha value is -2.11. The number of rotatable bonds is 51. The molecule has 0 aromatic carbocycles. The summed E-state index contributed by atoms with van der Waals surface area (Å²) in [6.45, 7) is 6.65. The van der Waals surface area contributed by atoms with E-state index in [0.29, 0.717) is 19.3 Å². The Bertz CT molecular complexity index is 1020. The number of hydrogen-bond acceptors (Lipinski definition) is 6. The van der Waals surface area contributed by atoms with Gasteiger partial charge in [-0.1, -0.05) is 238 Å². The Balaban J connectivity index is 4.34. The largest absolute Gasteiger partial charge is 0.462 e. The average molecular weight is 887 g/mol. The molecule has 0 aromatic heterocycles. The van der Waals surface area contributed by atoms with Crippen LogP contribution in [0.1, 0.15) is 303 Å². The summed E-state index contributed by atoms with van der Waals surface area (Å²) in [5.74, 6) is -0.868. The maximum Gasteiger partial charge on any atom is 0.306 e. The molecule has 0 N–H and O–H groups in total. The van der Waals surface area contributed by atoms with Crippen LogP contribution < -0.4 is 0 Å². The lowest BCUT2D eigenvalue weighted by Gasteiger charge is -2.18. The van der Waals surface area contributed by atoms with Crippen LogP contribution in [0.3, 0.4) is 0 Å². The lowest BCUT2D eigenvalue weighted by atomic mass is 10.0. The van der Waals surface area contributed by atoms with Gasteiger partial charge < -0.3 is 14.2 Å². The fourth-order valence-electron chi connectivity index (χ4n) is 8.20. The fraction of sp³-hybridized carbons (Fsp3) is 0.877. The summed E-state index contributed by atoms with van der Waals surface area (Å²) < 4.78 is 16.8. The first-order valence-electron chi connectivity index (χ1n) is 27.8. The molecule has 0 aliphatic rings. The Morgan fingerprint density at radius 3 is 0.794 bits per heavy atom. The number of carbonyl (C=O) groups is 3. The maximum absolute atomic E-state index is 12.8. The molecule has 0 spiro atoms. The zero-order valence-corrected chi connectivity index (χ0v) is 42.4. The van der Waals surface area contributed by atoms with E-state index in [1.807, 2.05) is 0 Å². The molecule has 0 aromatic rings. The molecule has 0 aliphatic carbocycles. The van der Waals surface area contributed by atoms with Crippen LogP contribution >= 0.6 is 0 Å². The molecule has 6 nitrogen and oxygen atoms in total. The van der Waals surface area contributed by atoms with Crippen LogP contribution in [0.5, 0.6) is 0 Å². The number of carbonyl (C=O) groups excluding carboxylic acids is 3. The van der Waals surface area contributed by atoms with Crippen LogP contribution in [0.25, 0.3) is 0 Å². The van der Waals surface area contributed by atoms with E-state index in [4.69, 9.17) is 14.2 Å². The zero-order valence-electron chi connectivity index (χ0n) is 42.4. The molecular formula is C57H106O6. The number of ether oxygens (including phenoxy) is 3. The van der Waals surface area contributed by atoms with Crippen LogP contribution in [-0.2, 0) is 28.6 Å². The highest BCUT2D eigenvalue weighted by molar-refractivity contribution is 5.71.